The van der Waals surface area contributed by atoms with E-state index < -0.39 is 5.97 Å². The van der Waals surface area contributed by atoms with E-state index in [0.29, 0.717) is 41.0 Å². The van der Waals surface area contributed by atoms with Crippen LogP contribution >= 0.6 is 11.6 Å². The maximum atomic E-state index is 13.7. The van der Waals surface area contributed by atoms with E-state index in [4.69, 9.17) is 21.3 Å². The first-order valence-corrected chi connectivity index (χ1v) is 14.3. The summed E-state index contributed by atoms with van der Waals surface area (Å²) in [5, 5.41) is 3.76. The zero-order chi connectivity index (χ0) is 29.5. The van der Waals surface area contributed by atoms with Crippen LogP contribution in [-0.4, -0.2) is 61.6 Å². The van der Waals surface area contributed by atoms with Crippen molar-refractivity contribution in [3.05, 3.63) is 81.6 Å². The van der Waals surface area contributed by atoms with Crippen LogP contribution in [0.25, 0.3) is 17.2 Å². The molecular formula is C32H38ClN5O3. The average molecular weight is 576 g/mol. The second-order valence-corrected chi connectivity index (χ2v) is 10.5. The van der Waals surface area contributed by atoms with Gasteiger partial charge in [-0.25, -0.2) is 9.79 Å². The average Bonchev–Trinajstić information content (AvgIpc) is 2.98. The third-order valence-electron chi connectivity index (χ3n) is 7.26. The molecule has 1 N–H and O–H groups in total. The van der Waals surface area contributed by atoms with E-state index >= 15 is 0 Å². The Balaban J connectivity index is 1.68. The highest BCUT2D eigenvalue weighted by Gasteiger charge is 2.18. The van der Waals surface area contributed by atoms with Crippen LogP contribution in [0.4, 0.5) is 17.2 Å². The Labute approximate surface area is 246 Å². The van der Waals surface area contributed by atoms with Crippen LogP contribution in [0.15, 0.2) is 64.9 Å². The minimum Gasteiger partial charge on any atom is -0.465 e. The fraction of sp³-hybridized carbons (Fsp3) is 0.344. The van der Waals surface area contributed by atoms with E-state index in [1.54, 1.807) is 28.8 Å². The number of nitrogens with one attached hydrogen (secondary N) is 1. The number of piperazine rings is 1. The summed E-state index contributed by atoms with van der Waals surface area (Å²) in [6.07, 6.45) is 3.28. The SMILES string of the molecule is C=Cc1cc(-c2ccc(C(=O)OC)cc2Cl)c(=O)n(CC)c1N=C(CCC)Nc1ccc(N2CCN(C)CC2)cc1. The molecule has 8 nitrogen and oxygen atoms in total. The monoisotopic (exact) mass is 575 g/mol. The Morgan fingerprint density at radius 1 is 1.07 bits per heavy atom. The van der Waals surface area contributed by atoms with Crippen molar-refractivity contribution in [2.75, 3.05) is 50.6 Å². The number of ether oxygens (including phenoxy) is 1. The highest BCUT2D eigenvalue weighted by molar-refractivity contribution is 6.33. The highest BCUT2D eigenvalue weighted by Crippen LogP contribution is 2.31. The minimum absolute atomic E-state index is 0.225. The molecule has 0 atom stereocenters. The number of halogens is 1. The number of pyridine rings is 1. The van der Waals surface area contributed by atoms with Crippen molar-refractivity contribution in [1.82, 2.24) is 9.47 Å². The van der Waals surface area contributed by atoms with Crippen molar-refractivity contribution < 1.29 is 9.53 Å². The number of amidine groups is 1. The van der Waals surface area contributed by atoms with Crippen LogP contribution in [0, 0.1) is 0 Å². The molecule has 1 aliphatic heterocycles. The molecule has 3 aromatic rings. The van der Waals surface area contributed by atoms with E-state index in [-0.39, 0.29) is 10.6 Å². The maximum Gasteiger partial charge on any atom is 0.337 e. The molecule has 0 spiro atoms. The van der Waals surface area contributed by atoms with Gasteiger partial charge in [-0.05, 0) is 62.9 Å². The van der Waals surface area contributed by atoms with Crippen molar-refractivity contribution in [2.45, 2.75) is 33.2 Å². The van der Waals surface area contributed by atoms with Gasteiger partial charge in [0.1, 0.15) is 11.7 Å². The van der Waals surface area contributed by atoms with E-state index in [0.717, 1.165) is 44.1 Å². The van der Waals surface area contributed by atoms with Crippen LogP contribution in [-0.2, 0) is 11.3 Å². The summed E-state index contributed by atoms with van der Waals surface area (Å²) in [5.74, 6) is 0.798. The first kappa shape index (κ1) is 30.1. The number of carbonyl (C=O) groups excluding carboxylic acids is 1. The Bertz CT molecular complexity index is 1490. The van der Waals surface area contributed by atoms with Crippen LogP contribution in [0.5, 0.6) is 0 Å². The highest BCUT2D eigenvalue weighted by atomic mass is 35.5. The molecule has 1 fully saturated rings. The van der Waals surface area contributed by atoms with Crippen LogP contribution in [0.1, 0.15) is 42.6 Å². The van der Waals surface area contributed by atoms with Crippen molar-refractivity contribution in [1.29, 1.82) is 0 Å². The zero-order valence-electron chi connectivity index (χ0n) is 24.2. The Hall–Kier alpha value is -3.88. The number of anilines is 2. The van der Waals surface area contributed by atoms with Crippen molar-refractivity contribution in [2.24, 2.45) is 4.99 Å². The molecule has 2 heterocycles. The second-order valence-electron chi connectivity index (χ2n) is 10.0. The molecule has 0 bridgehead atoms. The number of likely N-dealkylation sites (N-methyl/N-ethyl adjacent to an activating group) is 1. The summed E-state index contributed by atoms with van der Waals surface area (Å²) < 4.78 is 6.41. The van der Waals surface area contributed by atoms with E-state index in [2.05, 4.69) is 59.9 Å². The number of carbonyl (C=O) groups is 1. The lowest BCUT2D eigenvalue weighted by atomic mass is 10.0. The number of aromatic nitrogens is 1. The molecule has 1 saturated heterocycles. The lowest BCUT2D eigenvalue weighted by molar-refractivity contribution is 0.0600. The van der Waals surface area contributed by atoms with Crippen molar-refractivity contribution >= 4 is 46.7 Å². The van der Waals surface area contributed by atoms with E-state index in [1.807, 2.05) is 6.92 Å². The minimum atomic E-state index is -0.495. The number of nitrogens with zero attached hydrogens (tertiary/aromatic N) is 4. The van der Waals surface area contributed by atoms with Gasteiger partial charge in [-0.1, -0.05) is 37.2 Å². The van der Waals surface area contributed by atoms with E-state index in [1.165, 1.54) is 18.9 Å². The van der Waals surface area contributed by atoms with Gasteiger partial charge in [0.2, 0.25) is 0 Å². The number of methoxy groups -OCH3 is 1. The Kier molecular flexibility index (Phi) is 10.0. The molecular weight excluding hydrogens is 538 g/mol. The van der Waals surface area contributed by atoms with Gasteiger partial charge in [0, 0.05) is 72.2 Å². The molecule has 216 valence electrons. The third-order valence-corrected chi connectivity index (χ3v) is 7.57. The van der Waals surface area contributed by atoms with Gasteiger partial charge in [0.25, 0.3) is 5.56 Å². The van der Waals surface area contributed by atoms with Gasteiger partial charge in [-0.2, -0.15) is 0 Å². The number of hydrogen-bond acceptors (Lipinski definition) is 6. The number of esters is 1. The smallest absolute Gasteiger partial charge is 0.337 e. The van der Waals surface area contributed by atoms with Gasteiger partial charge in [0.05, 0.1) is 12.7 Å². The number of benzene rings is 2. The van der Waals surface area contributed by atoms with Gasteiger partial charge in [-0.3, -0.25) is 9.36 Å². The summed E-state index contributed by atoms with van der Waals surface area (Å²) in [5.41, 5.74) is 3.88. The van der Waals surface area contributed by atoms with Gasteiger partial charge < -0.3 is 19.9 Å². The molecule has 2 aromatic carbocycles. The molecule has 0 saturated carbocycles. The standard InChI is InChI=1S/C32H38ClN5O3/c1-6-9-29(34-24-11-13-25(14-12-24)37-18-16-36(4)17-19-37)35-30-22(7-2)20-27(31(39)38(30)8-3)26-15-10-23(21-28(26)33)32(40)41-5/h7,10-15,20-21H,2,6,8-9,16-19H2,1,3-5H3,(H,34,35). The van der Waals surface area contributed by atoms with Gasteiger partial charge in [-0.15, -0.1) is 0 Å². The first-order chi connectivity index (χ1) is 19.8. The molecule has 0 aliphatic carbocycles. The van der Waals surface area contributed by atoms with Gasteiger partial charge >= 0.3 is 5.97 Å². The second kappa shape index (κ2) is 13.7. The summed E-state index contributed by atoms with van der Waals surface area (Å²) in [6, 6.07) is 14.9. The van der Waals surface area contributed by atoms with Crippen LogP contribution in [0.3, 0.4) is 0 Å². The zero-order valence-corrected chi connectivity index (χ0v) is 25.0. The summed E-state index contributed by atoms with van der Waals surface area (Å²) in [7, 11) is 3.46. The molecule has 0 unspecified atom stereocenters. The lowest BCUT2D eigenvalue weighted by Gasteiger charge is -2.34. The lowest BCUT2D eigenvalue weighted by Crippen LogP contribution is -2.44. The van der Waals surface area contributed by atoms with Crippen LogP contribution in [0.2, 0.25) is 5.02 Å². The first-order valence-electron chi connectivity index (χ1n) is 14.0. The summed E-state index contributed by atoms with van der Waals surface area (Å²) in [4.78, 5) is 35.3. The maximum absolute atomic E-state index is 13.7. The summed E-state index contributed by atoms with van der Waals surface area (Å²) in [6.45, 7) is 12.5. The molecule has 0 amide bonds. The number of rotatable bonds is 9. The Morgan fingerprint density at radius 3 is 2.37 bits per heavy atom. The van der Waals surface area contributed by atoms with Crippen molar-refractivity contribution in [3.8, 4) is 11.1 Å². The fourth-order valence-electron chi connectivity index (χ4n) is 4.92. The largest absolute Gasteiger partial charge is 0.465 e. The van der Waals surface area contributed by atoms with Crippen LogP contribution < -0.4 is 15.8 Å². The molecule has 0 radical (unpaired) electrons. The topological polar surface area (TPSA) is 79.2 Å². The molecule has 9 heteroatoms. The predicted octanol–water partition coefficient (Wildman–Crippen LogP) is 6.31. The summed E-state index contributed by atoms with van der Waals surface area (Å²) >= 11 is 6.53. The predicted molar refractivity (Wildman–Crippen MR) is 170 cm³/mol. The normalized spacial score (nSPS) is 14.2. The third kappa shape index (κ3) is 6.89. The van der Waals surface area contributed by atoms with E-state index in [9.17, 15) is 9.59 Å². The quantitative estimate of drug-likeness (QED) is 0.183. The molecule has 4 rings (SSSR count). The number of hydrogen-bond donors (Lipinski definition) is 1. The fourth-order valence-corrected chi connectivity index (χ4v) is 5.20. The van der Waals surface area contributed by atoms with Crippen molar-refractivity contribution in [3.63, 3.8) is 0 Å². The number of aliphatic imine (C=N–C) groups is 1. The van der Waals surface area contributed by atoms with Gasteiger partial charge in [0.15, 0.2) is 0 Å². The Morgan fingerprint density at radius 2 is 1.78 bits per heavy atom. The molecule has 1 aromatic heterocycles. The molecule has 1 aliphatic rings. The molecule has 41 heavy (non-hydrogen) atoms.